The summed E-state index contributed by atoms with van der Waals surface area (Å²) < 4.78 is 182. The molecule has 6 N–H and O–H groups in total. The maximum Gasteiger partial charge on any atom is 0.416 e. The number of nitrogens with zero attached hydrogens (tertiary/aromatic N) is 11. The van der Waals surface area contributed by atoms with E-state index in [4.69, 9.17) is 14.2 Å². The number of rotatable bonds is 16. The Morgan fingerprint density at radius 1 is 0.426 bits per heavy atom. The van der Waals surface area contributed by atoms with Crippen molar-refractivity contribution in [3.63, 3.8) is 0 Å². The molecule has 8 heterocycles. The zero-order valence-corrected chi connectivity index (χ0v) is 61.2. The second-order valence-corrected chi connectivity index (χ2v) is 26.4. The quantitative estimate of drug-likeness (QED) is 0.0493. The van der Waals surface area contributed by atoms with Crippen molar-refractivity contribution in [2.45, 2.75) is 38.2 Å². The standard InChI is InChI=1S/C28H22F3N5O2.C26H23F5N6O2.C26H24F4N6O2/c1-38-23-11-5-18(6-12-23)17-36-26-16-32-14-24(25(26)15-33-36)19-7-9-21(10-8-19)34-27(37)35-22-4-2-3-20(13-22)28(29,30)31;1-36-24-18(13-33-36)17(12-32-23(24)14-37-6-8-39-9-7-37)15-2-5-21(20(28)10-15)34-25(38)35-22-11-16(26(29,30)31)3-4-19(22)27;1-35-24-20(14-32-35)19(13-31-23(24)15-36-7-9-38-10-8-36)16-5-6-22(21(27)11-16)34-25(37)33-18-4-2-3-17(12-18)26(28,29)30/h2-16H,17H2,1H3,(H2,34,35,37);2-5,10-13H,6-9,14H2,1H3,(H2,34,35,38);2-6,11-14H,7-10,15H2,1H3,(H2,33,34,37). The summed E-state index contributed by atoms with van der Waals surface area (Å²) in [6.45, 7) is 7.66. The van der Waals surface area contributed by atoms with Crippen molar-refractivity contribution in [2.24, 2.45) is 14.1 Å². The van der Waals surface area contributed by atoms with Crippen LogP contribution in [-0.2, 0) is 61.7 Å². The van der Waals surface area contributed by atoms with Gasteiger partial charge in [0.05, 0.1) is 127 Å². The van der Waals surface area contributed by atoms with Gasteiger partial charge in [-0.1, -0.05) is 48.5 Å². The van der Waals surface area contributed by atoms with Crippen molar-refractivity contribution in [1.29, 1.82) is 0 Å². The van der Waals surface area contributed by atoms with Gasteiger partial charge in [-0.2, -0.15) is 54.8 Å². The van der Waals surface area contributed by atoms with Crippen molar-refractivity contribution < 1.29 is 81.3 Å². The molecule has 0 saturated carbocycles. The zero-order chi connectivity index (χ0) is 81.3. The number of benzene rings is 7. The van der Waals surface area contributed by atoms with Gasteiger partial charge in [0.1, 0.15) is 23.2 Å². The third-order valence-electron chi connectivity index (χ3n) is 18.7. The fraction of sp³-hybridized carbons (Fsp3) is 0.212. The molecule has 0 spiro atoms. The number of morpholine rings is 2. The number of urea groups is 3. The number of anilines is 6. The van der Waals surface area contributed by atoms with Crippen LogP contribution in [0.5, 0.6) is 5.75 Å². The second kappa shape index (κ2) is 34.5. The van der Waals surface area contributed by atoms with E-state index in [9.17, 15) is 62.7 Å². The Labute approximate surface area is 646 Å². The Morgan fingerprint density at radius 3 is 1.36 bits per heavy atom. The molecule has 594 valence electrons. The van der Waals surface area contributed by atoms with Crippen LogP contribution in [0.2, 0.25) is 0 Å². The molecule has 0 bridgehead atoms. The first-order valence-corrected chi connectivity index (χ1v) is 35.4. The molecule has 115 heavy (non-hydrogen) atoms. The van der Waals surface area contributed by atoms with E-state index in [-0.39, 0.29) is 22.7 Å². The van der Waals surface area contributed by atoms with Crippen molar-refractivity contribution in [2.75, 3.05) is 91.6 Å². The number of pyridine rings is 3. The number of aromatic nitrogens is 9. The van der Waals surface area contributed by atoms with Crippen molar-refractivity contribution in [3.8, 4) is 39.1 Å². The van der Waals surface area contributed by atoms with E-state index in [1.165, 1.54) is 48.5 Å². The normalized spacial score (nSPS) is 13.5. The molecule has 6 aromatic heterocycles. The topological polar surface area (TPSA) is 250 Å². The van der Waals surface area contributed by atoms with Gasteiger partial charge >= 0.3 is 36.6 Å². The molecule has 0 radical (unpaired) electrons. The van der Waals surface area contributed by atoms with E-state index in [0.29, 0.717) is 92.2 Å². The summed E-state index contributed by atoms with van der Waals surface area (Å²) in [7, 11) is 5.25. The maximum atomic E-state index is 15.0. The molecule has 2 fully saturated rings. The Morgan fingerprint density at radius 2 is 0.870 bits per heavy atom. The minimum absolute atomic E-state index is 0.0401. The molecule has 13 aromatic rings. The maximum absolute atomic E-state index is 15.0. The lowest BCUT2D eigenvalue weighted by Gasteiger charge is -2.26. The monoisotopic (exact) mass is 1590 g/mol. The minimum atomic E-state index is -4.72. The van der Waals surface area contributed by atoms with Gasteiger partial charge in [-0.3, -0.25) is 38.8 Å². The van der Waals surface area contributed by atoms with E-state index in [1.54, 1.807) is 91.2 Å². The summed E-state index contributed by atoms with van der Waals surface area (Å²) in [4.78, 5) is 55.1. The minimum Gasteiger partial charge on any atom is -0.497 e. The third-order valence-corrected chi connectivity index (χ3v) is 18.7. The van der Waals surface area contributed by atoms with Crippen LogP contribution in [-0.4, -0.2) is 132 Å². The van der Waals surface area contributed by atoms with E-state index < -0.39 is 76.5 Å². The fourth-order valence-corrected chi connectivity index (χ4v) is 12.9. The number of aryl methyl sites for hydroxylation is 2. The van der Waals surface area contributed by atoms with Crippen LogP contribution in [0.4, 0.5) is 101 Å². The largest absolute Gasteiger partial charge is 0.497 e. The summed E-state index contributed by atoms with van der Waals surface area (Å²) in [5, 5.41) is 29.7. The molecule has 15 rings (SSSR count). The van der Waals surface area contributed by atoms with Crippen molar-refractivity contribution in [3.05, 3.63) is 246 Å². The number of ether oxygens (including phenoxy) is 3. The Balaban J connectivity index is 0.000000150. The number of fused-ring (bicyclic) bond motifs is 3. The SMILES string of the molecule is COc1ccc(Cn2ncc3c(-c4ccc(NC(=O)Nc5cccc(C(F)(F)F)c5)cc4)cncc32)cc1.Cn1ncc2c(-c3ccc(NC(=O)Nc4cc(C(F)(F)F)ccc4F)c(F)c3)cnc(CN3CCOCC3)c21.Cn1ncc2c(-c3ccc(NC(=O)Nc4cccc(C(F)(F)F)c4)c(F)c3)cnc(CN3CCOCC3)c21. The van der Waals surface area contributed by atoms with Crippen molar-refractivity contribution >= 4 is 84.9 Å². The van der Waals surface area contributed by atoms with Gasteiger partial charge in [0.25, 0.3) is 0 Å². The highest BCUT2D eigenvalue weighted by Gasteiger charge is 2.34. The number of nitrogens with one attached hydrogen (secondary N) is 6. The van der Waals surface area contributed by atoms with Crippen LogP contribution < -0.4 is 36.6 Å². The van der Waals surface area contributed by atoms with Gasteiger partial charge < -0.3 is 46.1 Å². The number of hydrogen-bond acceptors (Lipinski definition) is 14. The van der Waals surface area contributed by atoms with E-state index in [0.717, 1.165) is 117 Å². The molecular weight excluding hydrogens is 1520 g/mol. The molecule has 2 aliphatic heterocycles. The van der Waals surface area contributed by atoms with Crippen molar-refractivity contribution in [1.82, 2.24) is 54.1 Å². The average Bonchev–Trinajstić information content (AvgIpc) is 1.68. The van der Waals surface area contributed by atoms with Crippen LogP contribution in [0.25, 0.3) is 66.1 Å². The summed E-state index contributed by atoms with van der Waals surface area (Å²) in [5.74, 6) is -1.80. The Hall–Kier alpha value is -13.0. The molecular formula is C80H69F12N17O6. The highest BCUT2D eigenvalue weighted by Crippen LogP contribution is 2.38. The molecule has 0 unspecified atom stereocenters. The fourth-order valence-electron chi connectivity index (χ4n) is 12.9. The van der Waals surface area contributed by atoms with Crippen LogP contribution in [0, 0.1) is 17.5 Å². The van der Waals surface area contributed by atoms with Gasteiger partial charge in [-0.15, -0.1) is 0 Å². The predicted octanol–water partition coefficient (Wildman–Crippen LogP) is 17.5. The molecule has 7 aromatic carbocycles. The number of hydrogen-bond donors (Lipinski definition) is 6. The number of amides is 6. The first-order valence-electron chi connectivity index (χ1n) is 35.4. The molecule has 0 atom stereocenters. The van der Waals surface area contributed by atoms with Gasteiger partial charge in [0.2, 0.25) is 0 Å². The zero-order valence-electron chi connectivity index (χ0n) is 61.2. The lowest BCUT2D eigenvalue weighted by atomic mass is 10.0. The van der Waals surface area contributed by atoms with Crippen LogP contribution >= 0.6 is 0 Å². The molecule has 35 heteroatoms. The van der Waals surface area contributed by atoms with Crippen LogP contribution in [0.1, 0.15) is 33.6 Å². The van der Waals surface area contributed by atoms with Gasteiger partial charge in [-0.05, 0) is 125 Å². The highest BCUT2D eigenvalue weighted by atomic mass is 19.4. The van der Waals surface area contributed by atoms with Crippen LogP contribution in [0.15, 0.2) is 195 Å². The first-order chi connectivity index (χ1) is 55.1. The molecule has 23 nitrogen and oxygen atoms in total. The van der Waals surface area contributed by atoms with E-state index in [1.807, 2.05) is 53.4 Å². The van der Waals surface area contributed by atoms with Crippen LogP contribution in [0.3, 0.4) is 0 Å². The summed E-state index contributed by atoms with van der Waals surface area (Å²) in [6, 6.07) is 30.8. The lowest BCUT2D eigenvalue weighted by Crippen LogP contribution is -2.36. The first kappa shape index (κ1) is 80.1. The van der Waals surface area contributed by atoms with Gasteiger partial charge in [-0.25, -0.2) is 27.6 Å². The number of alkyl halides is 9. The highest BCUT2D eigenvalue weighted by molar-refractivity contribution is 6.03. The third kappa shape index (κ3) is 19.6. The number of carbonyl (C=O) groups is 3. The smallest absolute Gasteiger partial charge is 0.416 e. The average molecular weight is 1590 g/mol. The summed E-state index contributed by atoms with van der Waals surface area (Å²) in [5.41, 5.74) is 5.85. The second-order valence-electron chi connectivity index (χ2n) is 26.4. The Kier molecular flexibility index (Phi) is 24.1. The molecule has 2 aliphatic rings. The summed E-state index contributed by atoms with van der Waals surface area (Å²) in [6.07, 6.45) is -1.74. The number of carbonyl (C=O) groups excluding carboxylic acids is 3. The molecule has 0 aliphatic carbocycles. The van der Waals surface area contributed by atoms with Gasteiger partial charge in [0.15, 0.2) is 0 Å². The number of methoxy groups -OCH3 is 1. The molecule has 6 amide bonds. The van der Waals surface area contributed by atoms with E-state index in [2.05, 4.69) is 66.6 Å². The van der Waals surface area contributed by atoms with E-state index >= 15 is 4.39 Å². The number of halogens is 12. The Bertz CT molecular complexity index is 5690. The predicted molar refractivity (Wildman–Crippen MR) is 407 cm³/mol. The van der Waals surface area contributed by atoms with Gasteiger partial charge in [0, 0.05) is 122 Å². The molecule has 2 saturated heterocycles. The lowest BCUT2D eigenvalue weighted by molar-refractivity contribution is -0.138. The summed E-state index contributed by atoms with van der Waals surface area (Å²) >= 11 is 0.